The van der Waals surface area contributed by atoms with Crippen molar-refractivity contribution < 1.29 is 14.3 Å². The summed E-state index contributed by atoms with van der Waals surface area (Å²) in [5.41, 5.74) is 6.05. The summed E-state index contributed by atoms with van der Waals surface area (Å²) >= 11 is 5.81. The van der Waals surface area contributed by atoms with Gasteiger partial charge in [-0.2, -0.15) is 0 Å². The number of aromatic nitrogens is 2. The molecular weight excluding hydrogens is 522 g/mol. The molecule has 1 aliphatic rings. The van der Waals surface area contributed by atoms with Crippen molar-refractivity contribution in [3.63, 3.8) is 0 Å². The Kier molecular flexibility index (Phi) is 7.93. The Balaban J connectivity index is 1.49. The van der Waals surface area contributed by atoms with Crippen LogP contribution in [0.25, 0.3) is 5.69 Å². The lowest BCUT2D eigenvalue weighted by Crippen LogP contribution is -2.32. The van der Waals surface area contributed by atoms with Crippen molar-refractivity contribution in [3.05, 3.63) is 113 Å². The highest BCUT2D eigenvalue weighted by atomic mass is 32.1. The predicted octanol–water partition coefficient (Wildman–Crippen LogP) is 5.28. The number of methoxy groups -OCH3 is 1. The number of esters is 1. The van der Waals surface area contributed by atoms with Crippen molar-refractivity contribution in [3.8, 4) is 5.69 Å². The maximum absolute atomic E-state index is 12.8. The van der Waals surface area contributed by atoms with E-state index in [1.807, 2.05) is 73.7 Å². The van der Waals surface area contributed by atoms with Gasteiger partial charge in [0.05, 0.1) is 30.5 Å². The molecule has 0 aliphatic carbocycles. The van der Waals surface area contributed by atoms with Gasteiger partial charge in [0.25, 0.3) is 0 Å². The first-order valence-corrected chi connectivity index (χ1v) is 13.5. The number of thiocarbonyl (C=S) groups is 1. The number of hydrogen-bond acceptors (Lipinski definition) is 5. The number of aryl methyl sites for hydroxylation is 1. The smallest absolute Gasteiger partial charge is 0.337 e. The molecular formula is C31H31N5O3S. The molecule has 3 heterocycles. The van der Waals surface area contributed by atoms with Crippen LogP contribution >= 0.6 is 12.2 Å². The number of pyridine rings is 1. The van der Waals surface area contributed by atoms with Gasteiger partial charge in [-0.05, 0) is 80.2 Å². The zero-order valence-electron chi connectivity index (χ0n) is 22.6. The maximum Gasteiger partial charge on any atom is 0.337 e. The fourth-order valence-electron chi connectivity index (χ4n) is 5.33. The third kappa shape index (κ3) is 5.46. The molecule has 0 spiro atoms. The van der Waals surface area contributed by atoms with Crippen LogP contribution in [0.1, 0.15) is 51.5 Å². The van der Waals surface area contributed by atoms with Crippen LogP contribution in [0.15, 0.2) is 85.1 Å². The van der Waals surface area contributed by atoms with Crippen molar-refractivity contribution in [1.82, 2.24) is 19.8 Å². The molecule has 0 bridgehead atoms. The molecule has 0 unspecified atom stereocenters. The number of amides is 1. The molecule has 5 rings (SSSR count). The zero-order valence-corrected chi connectivity index (χ0v) is 23.4. The molecule has 204 valence electrons. The molecule has 2 aromatic heterocycles. The molecule has 1 fully saturated rings. The Bertz CT molecular complexity index is 1540. The van der Waals surface area contributed by atoms with Crippen LogP contribution in [-0.4, -0.2) is 45.1 Å². The first-order valence-electron chi connectivity index (χ1n) is 13.1. The van der Waals surface area contributed by atoms with E-state index in [0.717, 1.165) is 34.0 Å². The third-order valence-corrected chi connectivity index (χ3v) is 7.50. The Hall–Kier alpha value is -4.50. The summed E-state index contributed by atoms with van der Waals surface area (Å²) in [6.45, 7) is 4.53. The fraction of sp³-hybridized carbons (Fsp3) is 0.226. The van der Waals surface area contributed by atoms with Crippen molar-refractivity contribution in [2.45, 2.75) is 32.4 Å². The molecule has 40 heavy (non-hydrogen) atoms. The van der Waals surface area contributed by atoms with Gasteiger partial charge in [0.2, 0.25) is 5.91 Å². The van der Waals surface area contributed by atoms with E-state index >= 15 is 0 Å². The minimum atomic E-state index is -0.384. The van der Waals surface area contributed by atoms with E-state index in [2.05, 4.69) is 38.1 Å². The van der Waals surface area contributed by atoms with Crippen LogP contribution in [-0.2, 0) is 9.53 Å². The van der Waals surface area contributed by atoms with Gasteiger partial charge in [-0.1, -0.05) is 30.3 Å². The standard InChI is InChI=1S/C31H31N5O3S/c1-20-18-25(21(2)36(20)24-13-9-10-22(19-24)30(38)39-3)29-28(26-14-7-8-16-32-26)34-31(40)35(29)17-15-27(37)33-23-11-5-4-6-12-23/h4-14,16,18-19,28-29H,15,17H2,1-3H3,(H,33,37)(H,34,40)/t28-,29+/m1/s1. The summed E-state index contributed by atoms with van der Waals surface area (Å²) in [6, 6.07) is 24.4. The van der Waals surface area contributed by atoms with Gasteiger partial charge in [-0.3, -0.25) is 9.78 Å². The van der Waals surface area contributed by atoms with Gasteiger partial charge in [-0.25, -0.2) is 4.79 Å². The van der Waals surface area contributed by atoms with Gasteiger partial charge in [0, 0.05) is 41.9 Å². The number of carbonyl (C=O) groups excluding carboxylic acids is 2. The molecule has 2 atom stereocenters. The number of anilines is 1. The number of ether oxygens (including phenoxy) is 1. The number of carbonyl (C=O) groups is 2. The molecule has 1 aliphatic heterocycles. The Morgan fingerprint density at radius 2 is 1.80 bits per heavy atom. The summed E-state index contributed by atoms with van der Waals surface area (Å²) in [5.74, 6) is -0.468. The molecule has 2 N–H and O–H groups in total. The zero-order chi connectivity index (χ0) is 28.2. The molecule has 4 aromatic rings. The Morgan fingerprint density at radius 1 is 1.02 bits per heavy atom. The Labute approximate surface area is 239 Å². The second-order valence-corrected chi connectivity index (χ2v) is 10.1. The number of nitrogens with zero attached hydrogens (tertiary/aromatic N) is 3. The monoisotopic (exact) mass is 553 g/mol. The normalized spacial score (nSPS) is 16.5. The topological polar surface area (TPSA) is 88.5 Å². The fourth-order valence-corrected chi connectivity index (χ4v) is 5.66. The van der Waals surface area contributed by atoms with E-state index in [0.29, 0.717) is 17.2 Å². The molecule has 2 aromatic carbocycles. The molecule has 0 radical (unpaired) electrons. The molecule has 1 saturated heterocycles. The largest absolute Gasteiger partial charge is 0.465 e. The molecule has 1 amide bonds. The van der Waals surface area contributed by atoms with E-state index in [1.54, 1.807) is 12.3 Å². The lowest BCUT2D eigenvalue weighted by Gasteiger charge is -2.28. The molecule has 0 saturated carbocycles. The highest BCUT2D eigenvalue weighted by Gasteiger charge is 2.41. The summed E-state index contributed by atoms with van der Waals surface area (Å²) in [5, 5.41) is 7.00. The lowest BCUT2D eigenvalue weighted by molar-refractivity contribution is -0.116. The number of benzene rings is 2. The lowest BCUT2D eigenvalue weighted by atomic mass is 9.96. The second kappa shape index (κ2) is 11.7. The van der Waals surface area contributed by atoms with Crippen LogP contribution < -0.4 is 10.6 Å². The van der Waals surface area contributed by atoms with E-state index in [1.165, 1.54) is 7.11 Å². The van der Waals surface area contributed by atoms with E-state index in [9.17, 15) is 9.59 Å². The average molecular weight is 554 g/mol. The predicted molar refractivity (Wildman–Crippen MR) is 158 cm³/mol. The first-order chi connectivity index (χ1) is 19.4. The maximum atomic E-state index is 12.8. The first kappa shape index (κ1) is 27.1. The molecule has 8 nitrogen and oxygen atoms in total. The summed E-state index contributed by atoms with van der Waals surface area (Å²) in [7, 11) is 1.38. The highest BCUT2D eigenvalue weighted by Crippen LogP contribution is 2.41. The number of rotatable bonds is 8. The van der Waals surface area contributed by atoms with Crippen molar-refractivity contribution >= 4 is 34.9 Å². The SMILES string of the molecule is COC(=O)c1cccc(-n2c(C)cc([C@H]3[C@@H](c4ccccn4)NC(=S)N3CCC(=O)Nc3ccccc3)c2C)c1. The number of hydrogen-bond donors (Lipinski definition) is 2. The van der Waals surface area contributed by atoms with E-state index < -0.39 is 0 Å². The molecule has 9 heteroatoms. The number of nitrogens with one attached hydrogen (secondary N) is 2. The quantitative estimate of drug-likeness (QED) is 0.227. The highest BCUT2D eigenvalue weighted by molar-refractivity contribution is 7.80. The summed E-state index contributed by atoms with van der Waals surface area (Å²) in [4.78, 5) is 31.7. The van der Waals surface area contributed by atoms with Crippen molar-refractivity contribution in [2.75, 3.05) is 19.0 Å². The van der Waals surface area contributed by atoms with Crippen LogP contribution in [0.2, 0.25) is 0 Å². The van der Waals surface area contributed by atoms with Gasteiger partial charge in [0.15, 0.2) is 5.11 Å². The number of para-hydroxylation sites is 1. The van der Waals surface area contributed by atoms with Gasteiger partial charge in [0.1, 0.15) is 0 Å². The Morgan fingerprint density at radius 3 is 2.52 bits per heavy atom. The summed E-state index contributed by atoms with van der Waals surface area (Å²) < 4.78 is 7.05. The van der Waals surface area contributed by atoms with Gasteiger partial charge >= 0.3 is 5.97 Å². The van der Waals surface area contributed by atoms with E-state index in [-0.39, 0.29) is 30.4 Å². The second-order valence-electron chi connectivity index (χ2n) is 9.69. The average Bonchev–Trinajstić information content (AvgIpc) is 3.46. The minimum Gasteiger partial charge on any atom is -0.465 e. The van der Waals surface area contributed by atoms with Gasteiger partial charge < -0.3 is 24.8 Å². The van der Waals surface area contributed by atoms with Gasteiger partial charge in [-0.15, -0.1) is 0 Å². The van der Waals surface area contributed by atoms with Crippen molar-refractivity contribution in [2.24, 2.45) is 0 Å². The minimum absolute atomic E-state index is 0.0841. The van der Waals surface area contributed by atoms with Crippen LogP contribution in [0.5, 0.6) is 0 Å². The van der Waals surface area contributed by atoms with Crippen molar-refractivity contribution in [1.29, 1.82) is 0 Å². The van der Waals surface area contributed by atoms with Crippen LogP contribution in [0.4, 0.5) is 5.69 Å². The third-order valence-electron chi connectivity index (χ3n) is 7.15. The van der Waals surface area contributed by atoms with Crippen LogP contribution in [0, 0.1) is 13.8 Å². The van der Waals surface area contributed by atoms with E-state index in [4.69, 9.17) is 17.0 Å². The summed E-state index contributed by atoms with van der Waals surface area (Å²) in [6.07, 6.45) is 2.04. The van der Waals surface area contributed by atoms with Crippen LogP contribution in [0.3, 0.4) is 0 Å².